The minimum Gasteiger partial charge on any atom is -0.483 e. The SMILES string of the molecule is C=CC[SiH](CC=C)O[SiH](C(=O)O)C(=O)O. The van der Waals surface area contributed by atoms with Gasteiger partial charge in [0.2, 0.25) is 0 Å². The number of hydrogen-bond donors (Lipinski definition) is 2. The zero-order chi connectivity index (χ0) is 11.8. The van der Waals surface area contributed by atoms with Gasteiger partial charge < -0.3 is 14.3 Å². The average molecular weight is 246 g/mol. The van der Waals surface area contributed by atoms with E-state index in [0.29, 0.717) is 12.1 Å². The van der Waals surface area contributed by atoms with Crippen LogP contribution in [0.15, 0.2) is 25.3 Å². The Kier molecular flexibility index (Phi) is 6.59. The van der Waals surface area contributed by atoms with E-state index in [0.717, 1.165) is 0 Å². The number of carbonyl (C=O) groups is 2. The Bertz CT molecular complexity index is 242. The van der Waals surface area contributed by atoms with Gasteiger partial charge in [0.05, 0.1) is 0 Å². The van der Waals surface area contributed by atoms with E-state index in [-0.39, 0.29) is 0 Å². The van der Waals surface area contributed by atoms with Gasteiger partial charge in [-0.3, -0.25) is 9.59 Å². The first-order valence-corrected chi connectivity index (χ1v) is 8.08. The van der Waals surface area contributed by atoms with Crippen molar-refractivity contribution in [1.29, 1.82) is 0 Å². The average Bonchev–Trinajstić information content (AvgIpc) is 2.13. The van der Waals surface area contributed by atoms with Crippen molar-refractivity contribution < 1.29 is 23.9 Å². The molecule has 0 spiro atoms. The molecule has 0 aliphatic rings. The molecule has 0 heterocycles. The minimum absolute atomic E-state index is 0.552. The van der Waals surface area contributed by atoms with E-state index in [1.54, 1.807) is 12.2 Å². The molecule has 84 valence electrons. The molecule has 0 amide bonds. The maximum Gasteiger partial charge on any atom is 0.415 e. The van der Waals surface area contributed by atoms with Crippen LogP contribution in [0.3, 0.4) is 0 Å². The zero-order valence-corrected chi connectivity index (χ0v) is 10.6. The van der Waals surface area contributed by atoms with Crippen LogP contribution in [0.1, 0.15) is 0 Å². The molecule has 0 unspecified atom stereocenters. The summed E-state index contributed by atoms with van der Waals surface area (Å²) in [4.78, 5) is 21.2. The maximum atomic E-state index is 10.6. The number of allylic oxidation sites excluding steroid dienone is 2. The highest BCUT2D eigenvalue weighted by atomic mass is 28.4. The van der Waals surface area contributed by atoms with Crippen molar-refractivity contribution in [1.82, 2.24) is 0 Å². The van der Waals surface area contributed by atoms with Gasteiger partial charge in [-0.25, -0.2) is 0 Å². The van der Waals surface area contributed by atoms with E-state index in [4.69, 9.17) is 14.3 Å². The van der Waals surface area contributed by atoms with Crippen LogP contribution < -0.4 is 0 Å². The van der Waals surface area contributed by atoms with Crippen LogP contribution in [0.2, 0.25) is 12.1 Å². The van der Waals surface area contributed by atoms with Crippen LogP contribution >= 0.6 is 0 Å². The van der Waals surface area contributed by atoms with Gasteiger partial charge in [-0.2, -0.15) is 0 Å². The third-order valence-electron chi connectivity index (χ3n) is 1.64. The Morgan fingerprint density at radius 2 is 1.53 bits per heavy atom. The molecule has 0 aromatic rings. The topological polar surface area (TPSA) is 83.8 Å². The molecule has 0 aromatic carbocycles. The quantitative estimate of drug-likeness (QED) is 0.499. The predicted molar refractivity (Wildman–Crippen MR) is 61.4 cm³/mol. The van der Waals surface area contributed by atoms with Crippen LogP contribution in [0.4, 0.5) is 9.59 Å². The van der Waals surface area contributed by atoms with E-state index >= 15 is 0 Å². The third-order valence-corrected chi connectivity index (χ3v) is 6.88. The molecular weight excluding hydrogens is 232 g/mol. The molecule has 0 aromatic heterocycles. The summed E-state index contributed by atoms with van der Waals surface area (Å²) in [6.45, 7) is 7.04. The lowest BCUT2D eigenvalue weighted by molar-refractivity contribution is 0.205. The fourth-order valence-corrected chi connectivity index (χ4v) is 5.50. The second kappa shape index (κ2) is 7.15. The maximum absolute atomic E-state index is 10.6. The number of carboxylic acid groups (broad SMARTS) is 2. The summed E-state index contributed by atoms with van der Waals surface area (Å²) in [7, 11) is -5.04. The van der Waals surface area contributed by atoms with Gasteiger partial charge in [0, 0.05) is 0 Å². The second-order valence-corrected chi connectivity index (χ2v) is 7.89. The molecule has 0 aliphatic heterocycles. The molecule has 2 N–H and O–H groups in total. The highest BCUT2D eigenvalue weighted by Crippen LogP contribution is 2.06. The molecule has 7 heteroatoms. The number of hydrogen-bond acceptors (Lipinski definition) is 3. The molecule has 0 fully saturated rings. The Hall–Kier alpha value is -1.19. The first-order chi connectivity index (χ1) is 7.02. The van der Waals surface area contributed by atoms with Crippen LogP contribution in [0.25, 0.3) is 0 Å². The lowest BCUT2D eigenvalue weighted by Gasteiger charge is -2.15. The fraction of sp³-hybridized carbons (Fsp3) is 0.250. The van der Waals surface area contributed by atoms with Crippen molar-refractivity contribution in [3.05, 3.63) is 25.3 Å². The molecule has 0 atom stereocenters. The van der Waals surface area contributed by atoms with E-state index in [9.17, 15) is 9.59 Å². The fourth-order valence-electron chi connectivity index (χ4n) is 0.994. The monoisotopic (exact) mass is 246 g/mol. The zero-order valence-electron chi connectivity index (χ0n) is 8.26. The van der Waals surface area contributed by atoms with Crippen molar-refractivity contribution in [3.63, 3.8) is 0 Å². The first kappa shape index (κ1) is 13.8. The summed E-state index contributed by atoms with van der Waals surface area (Å²) < 4.78 is 5.19. The van der Waals surface area contributed by atoms with Crippen molar-refractivity contribution in [2.24, 2.45) is 0 Å². The lowest BCUT2D eigenvalue weighted by Crippen LogP contribution is -2.41. The predicted octanol–water partition coefficient (Wildman–Crippen LogP) is 1.34. The minimum atomic E-state index is -3.20. The normalized spacial score (nSPS) is 10.3. The summed E-state index contributed by atoms with van der Waals surface area (Å²) >= 11 is 0. The van der Waals surface area contributed by atoms with Gasteiger partial charge >= 0.3 is 20.2 Å². The summed E-state index contributed by atoms with van der Waals surface area (Å²) in [5, 5.41) is 17.3. The van der Waals surface area contributed by atoms with Gasteiger partial charge in [-0.15, -0.1) is 13.2 Å². The number of rotatable bonds is 8. The van der Waals surface area contributed by atoms with Gasteiger partial charge in [-0.1, -0.05) is 12.2 Å². The molecule has 0 rings (SSSR count). The van der Waals surface area contributed by atoms with Crippen LogP contribution in [-0.2, 0) is 4.12 Å². The molecule has 5 nitrogen and oxygen atoms in total. The lowest BCUT2D eigenvalue weighted by atomic mass is 10.7. The molecule has 0 radical (unpaired) electrons. The van der Waals surface area contributed by atoms with E-state index in [2.05, 4.69) is 13.2 Å². The Morgan fingerprint density at radius 1 is 1.13 bits per heavy atom. The molecular formula is C8H14O5Si2. The highest BCUT2D eigenvalue weighted by Gasteiger charge is 2.33. The molecule has 0 saturated carbocycles. The van der Waals surface area contributed by atoms with E-state index < -0.39 is 29.3 Å². The van der Waals surface area contributed by atoms with Gasteiger partial charge in [0.15, 0.2) is 9.04 Å². The molecule has 0 bridgehead atoms. The van der Waals surface area contributed by atoms with Crippen molar-refractivity contribution in [2.45, 2.75) is 12.1 Å². The summed E-state index contributed by atoms with van der Waals surface area (Å²) in [6.07, 6.45) is 3.24. The van der Waals surface area contributed by atoms with Gasteiger partial charge in [-0.05, 0) is 12.1 Å². The highest BCUT2D eigenvalue weighted by molar-refractivity contribution is 7.07. The smallest absolute Gasteiger partial charge is 0.415 e. The summed E-state index contributed by atoms with van der Waals surface area (Å²) in [5.74, 6) is 0. The summed E-state index contributed by atoms with van der Waals surface area (Å²) in [6, 6.07) is 1.10. The first-order valence-electron chi connectivity index (χ1n) is 4.35. The van der Waals surface area contributed by atoms with Crippen LogP contribution in [0, 0.1) is 0 Å². The molecule has 0 saturated heterocycles. The Balaban J connectivity index is 4.44. The van der Waals surface area contributed by atoms with Gasteiger partial charge in [0.25, 0.3) is 0 Å². The van der Waals surface area contributed by atoms with E-state index in [1.807, 2.05) is 0 Å². The third kappa shape index (κ3) is 5.30. The van der Waals surface area contributed by atoms with Crippen molar-refractivity contribution in [3.8, 4) is 0 Å². The molecule has 0 aliphatic carbocycles. The van der Waals surface area contributed by atoms with Crippen molar-refractivity contribution >= 4 is 29.3 Å². The summed E-state index contributed by atoms with van der Waals surface area (Å²) in [5.41, 5.74) is -2.68. The second-order valence-electron chi connectivity index (χ2n) is 2.86. The van der Waals surface area contributed by atoms with Crippen LogP contribution in [-0.4, -0.2) is 39.5 Å². The molecule has 15 heavy (non-hydrogen) atoms. The Labute approximate surface area is 91.1 Å². The van der Waals surface area contributed by atoms with Crippen molar-refractivity contribution in [2.75, 3.05) is 0 Å². The Morgan fingerprint density at radius 3 is 1.80 bits per heavy atom. The van der Waals surface area contributed by atoms with E-state index in [1.165, 1.54) is 0 Å². The van der Waals surface area contributed by atoms with Crippen LogP contribution in [0.5, 0.6) is 0 Å². The largest absolute Gasteiger partial charge is 0.483 e. The standard InChI is InChI=1S/C8H14O5Si2/c1-3-5-14(6-4-2)13-15(7(9)10)8(11)12/h3-4,14-15H,1-2,5-6H2,(H,9,10)(H,11,12). The van der Waals surface area contributed by atoms with Gasteiger partial charge in [0.1, 0.15) is 0 Å².